The van der Waals surface area contributed by atoms with Crippen molar-refractivity contribution in [3.8, 4) is 16.9 Å². The maximum absolute atomic E-state index is 12.4. The summed E-state index contributed by atoms with van der Waals surface area (Å²) in [6.45, 7) is 0.945. The van der Waals surface area contributed by atoms with Crippen molar-refractivity contribution in [1.29, 1.82) is 0 Å². The van der Waals surface area contributed by atoms with Gasteiger partial charge in [0.05, 0.1) is 12.5 Å². The first-order chi connectivity index (χ1) is 18.0. The zero-order valence-electron chi connectivity index (χ0n) is 21.0. The zero-order chi connectivity index (χ0) is 25.7. The molecular formula is C30H33N3O4. The summed E-state index contributed by atoms with van der Waals surface area (Å²) in [6, 6.07) is 14.3. The largest absolute Gasteiger partial charge is 0.494 e. The number of nitrogens with one attached hydrogen (secondary N) is 1. The summed E-state index contributed by atoms with van der Waals surface area (Å²) in [5.41, 5.74) is 5.80. The maximum Gasteiger partial charge on any atom is 0.306 e. The molecule has 1 spiro atoms. The number of nitrogens with zero attached hydrogens (tertiary/aromatic N) is 2. The standard InChI is InChI=1S/C30H33N3O4/c34-28(33-17-21-3-1-4-24(15-21)25-18-31-20-32-19-25)5-2-14-37-26-7-6-22-8-11-30(27(22)16-26)12-9-23(10-13-30)29(35)36/h1,3-4,6-7,15-16,18-20,23H,2,5,8-14,17H2,(H,33,34)(H,35,36). The van der Waals surface area contributed by atoms with Crippen LogP contribution in [0.15, 0.2) is 61.2 Å². The van der Waals surface area contributed by atoms with Crippen molar-refractivity contribution in [2.45, 2.75) is 63.3 Å². The number of hydrogen-bond donors (Lipinski definition) is 2. The molecule has 37 heavy (non-hydrogen) atoms. The van der Waals surface area contributed by atoms with Crippen LogP contribution in [0.3, 0.4) is 0 Å². The summed E-state index contributed by atoms with van der Waals surface area (Å²) in [5, 5.41) is 12.4. The van der Waals surface area contributed by atoms with Gasteiger partial charge in [0.15, 0.2) is 0 Å². The van der Waals surface area contributed by atoms with Crippen molar-refractivity contribution in [3.05, 3.63) is 77.9 Å². The second kappa shape index (κ2) is 11.1. The Morgan fingerprint density at radius 2 is 1.84 bits per heavy atom. The molecule has 0 saturated heterocycles. The minimum absolute atomic E-state index is 0.000133. The molecule has 1 amide bonds. The Labute approximate surface area is 217 Å². The van der Waals surface area contributed by atoms with E-state index in [1.807, 2.05) is 30.3 Å². The van der Waals surface area contributed by atoms with E-state index in [2.05, 4.69) is 27.4 Å². The van der Waals surface area contributed by atoms with E-state index in [-0.39, 0.29) is 17.2 Å². The number of aromatic nitrogens is 2. The lowest BCUT2D eigenvalue weighted by Crippen LogP contribution is -2.32. The van der Waals surface area contributed by atoms with Gasteiger partial charge in [0.2, 0.25) is 5.91 Å². The lowest BCUT2D eigenvalue weighted by atomic mass is 9.67. The molecule has 0 unspecified atom stereocenters. The molecule has 7 nitrogen and oxygen atoms in total. The second-order valence-electron chi connectivity index (χ2n) is 10.3. The zero-order valence-corrected chi connectivity index (χ0v) is 21.0. The maximum atomic E-state index is 12.4. The van der Waals surface area contributed by atoms with E-state index in [1.54, 1.807) is 12.4 Å². The van der Waals surface area contributed by atoms with E-state index in [0.29, 0.717) is 26.0 Å². The van der Waals surface area contributed by atoms with Crippen molar-refractivity contribution in [3.63, 3.8) is 0 Å². The number of carbonyl (C=O) groups excluding carboxylic acids is 1. The van der Waals surface area contributed by atoms with Crippen LogP contribution in [0.2, 0.25) is 0 Å². The summed E-state index contributed by atoms with van der Waals surface area (Å²) < 4.78 is 6.02. The number of ether oxygens (including phenoxy) is 1. The number of aryl methyl sites for hydroxylation is 1. The fourth-order valence-corrected chi connectivity index (χ4v) is 5.82. The quantitative estimate of drug-likeness (QED) is 0.398. The fraction of sp³-hybridized carbons (Fsp3) is 0.400. The molecule has 1 fully saturated rings. The van der Waals surface area contributed by atoms with Gasteiger partial charge in [-0.25, -0.2) is 9.97 Å². The van der Waals surface area contributed by atoms with E-state index in [0.717, 1.165) is 61.0 Å². The highest BCUT2D eigenvalue weighted by molar-refractivity contribution is 5.76. The van der Waals surface area contributed by atoms with Gasteiger partial charge in [0.1, 0.15) is 12.1 Å². The third-order valence-electron chi connectivity index (χ3n) is 7.94. The molecule has 192 valence electrons. The van der Waals surface area contributed by atoms with E-state index in [9.17, 15) is 14.7 Å². The van der Waals surface area contributed by atoms with Crippen LogP contribution in [0.1, 0.15) is 61.6 Å². The summed E-state index contributed by atoms with van der Waals surface area (Å²) in [7, 11) is 0. The number of aliphatic carboxylic acids is 1. The lowest BCUT2D eigenvalue weighted by molar-refractivity contribution is -0.143. The first-order valence-corrected chi connectivity index (χ1v) is 13.1. The first-order valence-electron chi connectivity index (χ1n) is 13.1. The first kappa shape index (κ1) is 24.9. The van der Waals surface area contributed by atoms with Crippen molar-refractivity contribution in [2.24, 2.45) is 5.92 Å². The molecule has 2 aromatic carbocycles. The van der Waals surface area contributed by atoms with Crippen LogP contribution in [0.5, 0.6) is 5.75 Å². The van der Waals surface area contributed by atoms with Gasteiger partial charge in [-0.05, 0) is 90.8 Å². The Kier molecular flexibility index (Phi) is 7.49. The van der Waals surface area contributed by atoms with Crippen LogP contribution < -0.4 is 10.1 Å². The molecule has 1 heterocycles. The smallest absolute Gasteiger partial charge is 0.306 e. The molecule has 3 aromatic rings. The number of rotatable bonds is 9. The Hall–Kier alpha value is -3.74. The van der Waals surface area contributed by atoms with Crippen molar-refractivity contribution in [2.75, 3.05) is 6.61 Å². The Bertz CT molecular complexity index is 1250. The highest BCUT2D eigenvalue weighted by Gasteiger charge is 2.43. The predicted molar refractivity (Wildman–Crippen MR) is 140 cm³/mol. The third kappa shape index (κ3) is 5.82. The normalized spacial score (nSPS) is 20.4. The SMILES string of the molecule is O=C(CCCOc1ccc2c(c1)C1(CC2)CCC(C(=O)O)CC1)NCc1cccc(-c2cncnc2)c1. The van der Waals surface area contributed by atoms with Crippen LogP contribution in [-0.4, -0.2) is 33.6 Å². The van der Waals surface area contributed by atoms with Gasteiger partial charge in [0.25, 0.3) is 0 Å². The molecule has 5 rings (SSSR count). The number of benzene rings is 2. The molecule has 1 saturated carbocycles. The summed E-state index contributed by atoms with van der Waals surface area (Å²) >= 11 is 0. The molecule has 2 aliphatic rings. The summed E-state index contributed by atoms with van der Waals surface area (Å²) in [4.78, 5) is 31.9. The second-order valence-corrected chi connectivity index (χ2v) is 10.3. The molecule has 0 atom stereocenters. The summed E-state index contributed by atoms with van der Waals surface area (Å²) in [5.74, 6) is -0.0321. The van der Waals surface area contributed by atoms with Crippen LogP contribution in [0.25, 0.3) is 11.1 Å². The monoisotopic (exact) mass is 499 g/mol. The van der Waals surface area contributed by atoms with E-state index >= 15 is 0 Å². The Balaban J connectivity index is 1.08. The molecule has 0 radical (unpaired) electrons. The van der Waals surface area contributed by atoms with Crippen molar-refractivity contribution in [1.82, 2.24) is 15.3 Å². The third-order valence-corrected chi connectivity index (χ3v) is 7.94. The molecule has 7 heteroatoms. The molecule has 1 aromatic heterocycles. The van der Waals surface area contributed by atoms with E-state index in [1.165, 1.54) is 17.5 Å². The van der Waals surface area contributed by atoms with Gasteiger partial charge >= 0.3 is 5.97 Å². The van der Waals surface area contributed by atoms with Crippen LogP contribution in [0, 0.1) is 5.92 Å². The highest BCUT2D eigenvalue weighted by atomic mass is 16.5. The van der Waals surface area contributed by atoms with E-state index in [4.69, 9.17) is 4.74 Å². The molecule has 0 bridgehead atoms. The Morgan fingerprint density at radius 3 is 2.62 bits per heavy atom. The topological polar surface area (TPSA) is 101 Å². The van der Waals surface area contributed by atoms with Gasteiger partial charge in [0, 0.05) is 30.9 Å². The van der Waals surface area contributed by atoms with Gasteiger partial charge in [-0.15, -0.1) is 0 Å². The summed E-state index contributed by atoms with van der Waals surface area (Å²) in [6.07, 6.45) is 11.6. The molecule has 0 aliphatic heterocycles. The minimum atomic E-state index is -0.662. The van der Waals surface area contributed by atoms with Crippen LogP contribution in [-0.2, 0) is 28.0 Å². The molecule has 2 N–H and O–H groups in total. The average molecular weight is 500 g/mol. The predicted octanol–water partition coefficient (Wildman–Crippen LogP) is 5.08. The fourth-order valence-electron chi connectivity index (χ4n) is 5.82. The number of hydrogen-bond acceptors (Lipinski definition) is 5. The molecular weight excluding hydrogens is 466 g/mol. The van der Waals surface area contributed by atoms with Gasteiger partial charge in [-0.3, -0.25) is 9.59 Å². The van der Waals surface area contributed by atoms with Gasteiger partial charge in [-0.2, -0.15) is 0 Å². The number of fused-ring (bicyclic) bond motifs is 2. The Morgan fingerprint density at radius 1 is 1.03 bits per heavy atom. The lowest BCUT2D eigenvalue weighted by Gasteiger charge is -2.37. The number of carboxylic acid groups (broad SMARTS) is 1. The number of amides is 1. The van der Waals surface area contributed by atoms with Gasteiger partial charge < -0.3 is 15.2 Å². The highest BCUT2D eigenvalue weighted by Crippen LogP contribution is 2.50. The number of carbonyl (C=O) groups is 2. The van der Waals surface area contributed by atoms with E-state index < -0.39 is 5.97 Å². The molecule has 2 aliphatic carbocycles. The average Bonchev–Trinajstić information content (AvgIpc) is 3.28. The van der Waals surface area contributed by atoms with Crippen LogP contribution >= 0.6 is 0 Å². The van der Waals surface area contributed by atoms with Gasteiger partial charge in [-0.1, -0.05) is 24.3 Å². The number of carboxylic acids is 1. The minimum Gasteiger partial charge on any atom is -0.494 e. The van der Waals surface area contributed by atoms with Crippen LogP contribution in [0.4, 0.5) is 0 Å². The van der Waals surface area contributed by atoms with Crippen molar-refractivity contribution < 1.29 is 19.4 Å². The van der Waals surface area contributed by atoms with Crippen molar-refractivity contribution >= 4 is 11.9 Å².